The zero-order chi connectivity index (χ0) is 18.5. The lowest BCUT2D eigenvalue weighted by atomic mass is 10.2. The van der Waals surface area contributed by atoms with Crippen molar-refractivity contribution in [3.8, 4) is 11.3 Å². The molecule has 1 saturated heterocycles. The molecule has 1 aliphatic rings. The third kappa shape index (κ3) is 4.52. The summed E-state index contributed by atoms with van der Waals surface area (Å²) in [6, 6.07) is 12.0. The molecule has 0 aliphatic carbocycles. The van der Waals surface area contributed by atoms with E-state index in [9.17, 15) is 4.79 Å². The molecule has 27 heavy (non-hydrogen) atoms. The zero-order valence-corrected chi connectivity index (χ0v) is 15.9. The predicted molar refractivity (Wildman–Crippen MR) is 110 cm³/mol. The van der Waals surface area contributed by atoms with E-state index in [1.54, 1.807) is 23.7 Å². The van der Waals surface area contributed by atoms with Gasteiger partial charge in [-0.1, -0.05) is 0 Å². The molecule has 3 heterocycles. The van der Waals surface area contributed by atoms with Gasteiger partial charge in [0.15, 0.2) is 0 Å². The van der Waals surface area contributed by atoms with E-state index in [0.717, 1.165) is 35.0 Å². The highest BCUT2D eigenvalue weighted by Crippen LogP contribution is 2.23. The first-order valence-corrected chi connectivity index (χ1v) is 10.2. The smallest absolute Gasteiger partial charge is 0.224 e. The molecule has 2 aromatic heterocycles. The van der Waals surface area contributed by atoms with Crippen LogP contribution in [-0.4, -0.2) is 29.0 Å². The third-order valence-electron chi connectivity index (χ3n) is 4.72. The average molecular weight is 379 g/mol. The molecular formula is C21H22N4OS. The lowest BCUT2D eigenvalue weighted by Crippen LogP contribution is -2.17. The van der Waals surface area contributed by atoms with Crippen molar-refractivity contribution in [2.24, 2.45) is 0 Å². The van der Waals surface area contributed by atoms with Gasteiger partial charge in [0.1, 0.15) is 0 Å². The van der Waals surface area contributed by atoms with Crippen LogP contribution in [0.25, 0.3) is 11.3 Å². The summed E-state index contributed by atoms with van der Waals surface area (Å²) >= 11 is 1.59. The van der Waals surface area contributed by atoms with Gasteiger partial charge < -0.3 is 10.2 Å². The van der Waals surface area contributed by atoms with Gasteiger partial charge in [0.25, 0.3) is 0 Å². The van der Waals surface area contributed by atoms with Gasteiger partial charge in [-0.25, -0.2) is 4.98 Å². The molecular weight excluding hydrogens is 356 g/mol. The second kappa shape index (κ2) is 8.31. The van der Waals surface area contributed by atoms with Crippen molar-refractivity contribution in [1.82, 2.24) is 9.97 Å². The summed E-state index contributed by atoms with van der Waals surface area (Å²) < 4.78 is 0. The molecule has 5 nitrogen and oxygen atoms in total. The van der Waals surface area contributed by atoms with E-state index < -0.39 is 0 Å². The van der Waals surface area contributed by atoms with E-state index in [1.165, 1.54) is 18.5 Å². The molecule has 0 radical (unpaired) electrons. The van der Waals surface area contributed by atoms with Gasteiger partial charge in [-0.3, -0.25) is 9.78 Å². The molecule has 1 aromatic carbocycles. The normalized spacial score (nSPS) is 13.7. The maximum absolute atomic E-state index is 12.3. The minimum absolute atomic E-state index is 0.0181. The number of aryl methyl sites for hydroxylation is 1. The second-order valence-corrected chi connectivity index (χ2v) is 7.59. The molecule has 6 heteroatoms. The summed E-state index contributed by atoms with van der Waals surface area (Å²) in [7, 11) is 0. The van der Waals surface area contributed by atoms with Gasteiger partial charge in [-0.05, 0) is 49.2 Å². The third-order valence-corrected chi connectivity index (χ3v) is 5.62. The van der Waals surface area contributed by atoms with Crippen LogP contribution in [0.5, 0.6) is 0 Å². The molecule has 138 valence electrons. The number of rotatable bonds is 6. The van der Waals surface area contributed by atoms with Gasteiger partial charge in [-0.15, -0.1) is 11.3 Å². The molecule has 0 unspecified atom stereocenters. The number of thiazole rings is 1. The lowest BCUT2D eigenvalue weighted by molar-refractivity contribution is -0.116. The predicted octanol–water partition coefficient (Wildman–Crippen LogP) is 4.38. The number of nitrogens with one attached hydrogen (secondary N) is 1. The molecule has 0 spiro atoms. The average Bonchev–Trinajstić information content (AvgIpc) is 3.40. The molecule has 0 saturated carbocycles. The Balaban J connectivity index is 1.29. The standard InChI is InChI=1S/C21H22N4OS/c26-20(23-17-3-5-18(6-4-17)25-13-1-2-14-25)7-8-21-24-19(15-27-21)16-9-11-22-12-10-16/h3-6,9-12,15H,1-2,7-8,13-14H2,(H,23,26). The van der Waals surface area contributed by atoms with Crippen molar-refractivity contribution in [1.29, 1.82) is 0 Å². The number of nitrogens with zero attached hydrogens (tertiary/aromatic N) is 3. The maximum Gasteiger partial charge on any atom is 0.224 e. The zero-order valence-electron chi connectivity index (χ0n) is 15.1. The van der Waals surface area contributed by atoms with Crippen LogP contribution in [0.2, 0.25) is 0 Å². The lowest BCUT2D eigenvalue weighted by Gasteiger charge is -2.17. The fraction of sp³-hybridized carbons (Fsp3) is 0.286. The van der Waals surface area contributed by atoms with Crippen LogP contribution in [-0.2, 0) is 11.2 Å². The van der Waals surface area contributed by atoms with Crippen LogP contribution in [0.3, 0.4) is 0 Å². The summed E-state index contributed by atoms with van der Waals surface area (Å²) in [5, 5.41) is 5.98. The SMILES string of the molecule is O=C(CCc1nc(-c2ccncc2)cs1)Nc1ccc(N2CCCC2)cc1. The Labute approximate surface area is 163 Å². The molecule has 0 atom stereocenters. The number of hydrogen-bond donors (Lipinski definition) is 1. The van der Waals surface area contributed by atoms with E-state index in [-0.39, 0.29) is 5.91 Å². The molecule has 1 aliphatic heterocycles. The number of carbonyl (C=O) groups excluding carboxylic acids is 1. The van der Waals surface area contributed by atoms with Crippen LogP contribution in [0.1, 0.15) is 24.3 Å². The van der Waals surface area contributed by atoms with Crippen molar-refractivity contribution < 1.29 is 4.79 Å². The summed E-state index contributed by atoms with van der Waals surface area (Å²) in [4.78, 5) is 23.3. The van der Waals surface area contributed by atoms with Crippen molar-refractivity contribution in [2.45, 2.75) is 25.7 Å². The van der Waals surface area contributed by atoms with Crippen LogP contribution in [0.4, 0.5) is 11.4 Å². The Morgan fingerprint density at radius 2 is 1.81 bits per heavy atom. The molecule has 4 rings (SSSR count). The first-order chi connectivity index (χ1) is 13.3. The van der Waals surface area contributed by atoms with E-state index in [0.29, 0.717) is 12.8 Å². The van der Waals surface area contributed by atoms with Crippen LogP contribution in [0, 0.1) is 0 Å². The molecule has 1 fully saturated rings. The Bertz CT molecular complexity index is 886. The fourth-order valence-corrected chi connectivity index (χ4v) is 4.06. The monoisotopic (exact) mass is 378 g/mol. The van der Waals surface area contributed by atoms with Crippen molar-refractivity contribution in [3.05, 3.63) is 59.2 Å². The quantitative estimate of drug-likeness (QED) is 0.692. The molecule has 1 amide bonds. The molecule has 1 N–H and O–H groups in total. The number of pyridine rings is 1. The van der Waals surface area contributed by atoms with Crippen LogP contribution < -0.4 is 10.2 Å². The minimum atomic E-state index is 0.0181. The van der Waals surface area contributed by atoms with Gasteiger partial charge in [-0.2, -0.15) is 0 Å². The first-order valence-electron chi connectivity index (χ1n) is 9.27. The number of amides is 1. The van der Waals surface area contributed by atoms with Crippen molar-refractivity contribution in [3.63, 3.8) is 0 Å². The highest BCUT2D eigenvalue weighted by molar-refractivity contribution is 7.09. The van der Waals surface area contributed by atoms with E-state index in [2.05, 4.69) is 32.3 Å². The Morgan fingerprint density at radius 1 is 1.07 bits per heavy atom. The highest BCUT2D eigenvalue weighted by atomic mass is 32.1. The molecule has 3 aromatic rings. The molecule has 0 bridgehead atoms. The van der Waals surface area contributed by atoms with Crippen molar-refractivity contribution >= 4 is 28.6 Å². The van der Waals surface area contributed by atoms with Crippen molar-refractivity contribution in [2.75, 3.05) is 23.3 Å². The number of benzene rings is 1. The summed E-state index contributed by atoms with van der Waals surface area (Å²) in [5.74, 6) is 0.0181. The first kappa shape index (κ1) is 17.7. The number of aromatic nitrogens is 2. The van der Waals surface area contributed by atoms with Gasteiger partial charge >= 0.3 is 0 Å². The summed E-state index contributed by atoms with van der Waals surface area (Å²) in [6.45, 7) is 2.25. The minimum Gasteiger partial charge on any atom is -0.372 e. The fourth-order valence-electron chi connectivity index (χ4n) is 3.26. The topological polar surface area (TPSA) is 58.1 Å². The Morgan fingerprint density at radius 3 is 2.56 bits per heavy atom. The van der Waals surface area contributed by atoms with E-state index >= 15 is 0 Å². The highest BCUT2D eigenvalue weighted by Gasteiger charge is 2.12. The van der Waals surface area contributed by atoms with Gasteiger partial charge in [0, 0.05) is 60.6 Å². The summed E-state index contributed by atoms with van der Waals surface area (Å²) in [5.41, 5.74) is 4.07. The Kier molecular flexibility index (Phi) is 5.44. The number of carbonyl (C=O) groups is 1. The van der Waals surface area contributed by atoms with Gasteiger partial charge in [0.2, 0.25) is 5.91 Å². The van der Waals surface area contributed by atoms with Crippen LogP contribution >= 0.6 is 11.3 Å². The second-order valence-electron chi connectivity index (χ2n) is 6.65. The maximum atomic E-state index is 12.3. The Hall–Kier alpha value is -2.73. The summed E-state index contributed by atoms with van der Waals surface area (Å²) in [6.07, 6.45) is 7.12. The van der Waals surface area contributed by atoms with Gasteiger partial charge in [0.05, 0.1) is 10.7 Å². The number of hydrogen-bond acceptors (Lipinski definition) is 5. The number of anilines is 2. The van der Waals surface area contributed by atoms with Crippen LogP contribution in [0.15, 0.2) is 54.2 Å². The van der Waals surface area contributed by atoms with E-state index in [4.69, 9.17) is 0 Å². The van der Waals surface area contributed by atoms with E-state index in [1.807, 2.05) is 29.6 Å². The largest absolute Gasteiger partial charge is 0.372 e.